The molecule has 1 amide bonds. The average molecular weight is 187 g/mol. The van der Waals surface area contributed by atoms with Crippen LogP contribution >= 0.6 is 0 Å². The third kappa shape index (κ3) is 1.99. The van der Waals surface area contributed by atoms with Crippen LogP contribution in [-0.4, -0.2) is 49.8 Å². The van der Waals surface area contributed by atoms with Gasteiger partial charge in [-0.15, -0.1) is 0 Å². The Morgan fingerprint density at radius 2 is 2.08 bits per heavy atom. The lowest BCUT2D eigenvalue weighted by Crippen LogP contribution is -2.61. The Kier molecular flexibility index (Phi) is 3.24. The zero-order valence-electron chi connectivity index (χ0n) is 8.17. The van der Waals surface area contributed by atoms with E-state index in [4.69, 9.17) is 10.5 Å². The highest BCUT2D eigenvalue weighted by Gasteiger charge is 2.38. The molecule has 1 saturated heterocycles. The number of rotatable bonds is 3. The maximum atomic E-state index is 11.2. The van der Waals surface area contributed by atoms with Gasteiger partial charge >= 0.3 is 0 Å². The summed E-state index contributed by atoms with van der Waals surface area (Å²) in [4.78, 5) is 13.1. The number of hydrogen-bond acceptors (Lipinski definition) is 4. The number of ether oxygens (including phenoxy) is 1. The SMILES string of the molecule is COC(C)(C(N)=O)N1CCNCC1. The molecule has 0 bridgehead atoms. The number of nitrogens with zero attached hydrogens (tertiary/aromatic N) is 1. The van der Waals surface area contributed by atoms with E-state index in [0.717, 1.165) is 26.2 Å². The van der Waals surface area contributed by atoms with Crippen molar-refractivity contribution < 1.29 is 9.53 Å². The van der Waals surface area contributed by atoms with Gasteiger partial charge in [-0.3, -0.25) is 9.69 Å². The normalized spacial score (nSPS) is 23.8. The van der Waals surface area contributed by atoms with Crippen molar-refractivity contribution in [2.45, 2.75) is 12.6 Å². The van der Waals surface area contributed by atoms with Crippen molar-refractivity contribution in [2.24, 2.45) is 5.73 Å². The molecule has 1 atom stereocenters. The fourth-order valence-corrected chi connectivity index (χ4v) is 1.48. The smallest absolute Gasteiger partial charge is 0.264 e. The van der Waals surface area contributed by atoms with Crippen LogP contribution < -0.4 is 11.1 Å². The zero-order chi connectivity index (χ0) is 9.90. The van der Waals surface area contributed by atoms with Gasteiger partial charge in [0.05, 0.1) is 0 Å². The van der Waals surface area contributed by atoms with Gasteiger partial charge in [-0.05, 0) is 6.92 Å². The molecule has 0 saturated carbocycles. The Morgan fingerprint density at radius 3 is 2.46 bits per heavy atom. The van der Waals surface area contributed by atoms with Crippen LogP contribution in [0.15, 0.2) is 0 Å². The number of nitrogens with one attached hydrogen (secondary N) is 1. The lowest BCUT2D eigenvalue weighted by atomic mass is 10.1. The molecule has 76 valence electrons. The largest absolute Gasteiger partial charge is 0.366 e. The summed E-state index contributed by atoms with van der Waals surface area (Å²) in [5.74, 6) is -0.433. The minimum atomic E-state index is -0.956. The average Bonchev–Trinajstić information content (AvgIpc) is 2.17. The molecule has 1 aliphatic heterocycles. The van der Waals surface area contributed by atoms with Gasteiger partial charge < -0.3 is 15.8 Å². The van der Waals surface area contributed by atoms with Crippen molar-refractivity contribution in [2.75, 3.05) is 33.3 Å². The Balaban J connectivity index is 2.68. The topological polar surface area (TPSA) is 67.6 Å². The van der Waals surface area contributed by atoms with Crippen LogP contribution in [0.3, 0.4) is 0 Å². The van der Waals surface area contributed by atoms with Crippen LogP contribution in [0.1, 0.15) is 6.92 Å². The molecule has 0 radical (unpaired) electrons. The molecule has 0 aromatic carbocycles. The second kappa shape index (κ2) is 4.04. The van der Waals surface area contributed by atoms with Gasteiger partial charge in [-0.1, -0.05) is 0 Å². The van der Waals surface area contributed by atoms with Crippen molar-refractivity contribution in [3.05, 3.63) is 0 Å². The van der Waals surface area contributed by atoms with E-state index in [1.54, 1.807) is 6.92 Å². The number of carbonyl (C=O) groups is 1. The first-order chi connectivity index (χ1) is 6.11. The van der Waals surface area contributed by atoms with Gasteiger partial charge in [0.2, 0.25) is 0 Å². The third-order valence-electron chi connectivity index (χ3n) is 2.58. The Labute approximate surface area is 78.2 Å². The summed E-state index contributed by atoms with van der Waals surface area (Å²) in [7, 11) is 1.51. The van der Waals surface area contributed by atoms with Crippen LogP contribution in [0.25, 0.3) is 0 Å². The molecule has 3 N–H and O–H groups in total. The Bertz CT molecular complexity index is 192. The van der Waals surface area contributed by atoms with E-state index in [-0.39, 0.29) is 0 Å². The van der Waals surface area contributed by atoms with Crippen LogP contribution in [0.2, 0.25) is 0 Å². The minimum Gasteiger partial charge on any atom is -0.366 e. The van der Waals surface area contributed by atoms with Crippen molar-refractivity contribution in [3.63, 3.8) is 0 Å². The van der Waals surface area contributed by atoms with Gasteiger partial charge in [0.1, 0.15) is 0 Å². The fraction of sp³-hybridized carbons (Fsp3) is 0.875. The van der Waals surface area contributed by atoms with Gasteiger partial charge in [0, 0.05) is 33.3 Å². The van der Waals surface area contributed by atoms with Crippen molar-refractivity contribution in [1.82, 2.24) is 10.2 Å². The first kappa shape index (κ1) is 10.4. The highest BCUT2D eigenvalue weighted by atomic mass is 16.5. The molecule has 1 fully saturated rings. The number of piperazine rings is 1. The molecule has 0 aromatic rings. The molecule has 1 unspecified atom stereocenters. The number of hydrogen-bond donors (Lipinski definition) is 2. The second-order valence-corrected chi connectivity index (χ2v) is 3.29. The first-order valence-corrected chi connectivity index (χ1v) is 4.42. The van der Waals surface area contributed by atoms with Gasteiger partial charge in [-0.25, -0.2) is 0 Å². The van der Waals surface area contributed by atoms with Gasteiger partial charge in [0.25, 0.3) is 5.91 Å². The predicted molar refractivity (Wildman–Crippen MR) is 49.1 cm³/mol. The first-order valence-electron chi connectivity index (χ1n) is 4.42. The highest BCUT2D eigenvalue weighted by molar-refractivity contribution is 5.82. The quantitative estimate of drug-likeness (QED) is 0.578. The van der Waals surface area contributed by atoms with Gasteiger partial charge in [0.15, 0.2) is 5.72 Å². The molecule has 1 heterocycles. The summed E-state index contributed by atoms with van der Waals surface area (Å²) < 4.78 is 5.16. The monoisotopic (exact) mass is 187 g/mol. The van der Waals surface area contributed by atoms with E-state index in [1.165, 1.54) is 7.11 Å². The Morgan fingerprint density at radius 1 is 1.54 bits per heavy atom. The van der Waals surface area contributed by atoms with E-state index >= 15 is 0 Å². The van der Waals surface area contributed by atoms with Crippen molar-refractivity contribution in [3.8, 4) is 0 Å². The van der Waals surface area contributed by atoms with E-state index in [1.807, 2.05) is 4.90 Å². The van der Waals surface area contributed by atoms with Crippen LogP contribution in [0.4, 0.5) is 0 Å². The third-order valence-corrected chi connectivity index (χ3v) is 2.58. The second-order valence-electron chi connectivity index (χ2n) is 3.29. The fourth-order valence-electron chi connectivity index (χ4n) is 1.48. The standard InChI is InChI=1S/C8H17N3O2/c1-8(13-2,7(9)12)11-5-3-10-4-6-11/h10H,3-6H2,1-2H3,(H2,9,12). The van der Waals surface area contributed by atoms with Crippen molar-refractivity contribution >= 4 is 5.91 Å². The maximum Gasteiger partial charge on any atom is 0.264 e. The number of nitrogens with two attached hydrogens (primary N) is 1. The summed E-state index contributed by atoms with van der Waals surface area (Å²) in [6, 6.07) is 0. The maximum absolute atomic E-state index is 11.2. The van der Waals surface area contributed by atoms with E-state index in [9.17, 15) is 4.79 Å². The van der Waals surface area contributed by atoms with Crippen molar-refractivity contribution in [1.29, 1.82) is 0 Å². The predicted octanol–water partition coefficient (Wildman–Crippen LogP) is -1.26. The lowest BCUT2D eigenvalue weighted by Gasteiger charge is -2.39. The number of carbonyl (C=O) groups excluding carboxylic acids is 1. The molecule has 0 aromatic heterocycles. The highest BCUT2D eigenvalue weighted by Crippen LogP contribution is 2.15. The molecule has 5 nitrogen and oxygen atoms in total. The number of amides is 1. The van der Waals surface area contributed by atoms with Crippen LogP contribution in [0, 0.1) is 0 Å². The summed E-state index contributed by atoms with van der Waals surface area (Å²) in [6.45, 7) is 5.01. The molecular formula is C8H17N3O2. The van der Waals surface area contributed by atoms with E-state index in [2.05, 4.69) is 5.32 Å². The lowest BCUT2D eigenvalue weighted by molar-refractivity contribution is -0.165. The molecule has 1 aliphatic rings. The number of primary amides is 1. The summed E-state index contributed by atoms with van der Waals surface area (Å²) in [5, 5.41) is 3.20. The van der Waals surface area contributed by atoms with E-state index in [0.29, 0.717) is 0 Å². The van der Waals surface area contributed by atoms with Crippen LogP contribution in [-0.2, 0) is 9.53 Å². The molecule has 5 heteroatoms. The molecular weight excluding hydrogens is 170 g/mol. The summed E-state index contributed by atoms with van der Waals surface area (Å²) in [6.07, 6.45) is 0. The summed E-state index contributed by atoms with van der Waals surface area (Å²) in [5.41, 5.74) is 4.33. The molecule has 13 heavy (non-hydrogen) atoms. The molecule has 0 spiro atoms. The van der Waals surface area contributed by atoms with Gasteiger partial charge in [-0.2, -0.15) is 0 Å². The summed E-state index contributed by atoms with van der Waals surface area (Å²) >= 11 is 0. The van der Waals surface area contributed by atoms with E-state index < -0.39 is 11.6 Å². The molecule has 1 rings (SSSR count). The van der Waals surface area contributed by atoms with Crippen LogP contribution in [0.5, 0.6) is 0 Å². The minimum absolute atomic E-state index is 0.433. The zero-order valence-corrected chi connectivity index (χ0v) is 8.17. The number of methoxy groups -OCH3 is 1. The molecule has 0 aliphatic carbocycles. The Hall–Kier alpha value is -0.650.